The molecule has 1 aliphatic heterocycles. The minimum absolute atomic E-state index is 0.0219. The van der Waals surface area contributed by atoms with E-state index in [0.717, 1.165) is 67.5 Å². The number of urea groups is 1. The molecule has 11 heteroatoms. The fourth-order valence-corrected chi connectivity index (χ4v) is 5.79. The van der Waals surface area contributed by atoms with Gasteiger partial charge in [-0.3, -0.25) is 9.63 Å². The topological polar surface area (TPSA) is 146 Å². The number of hydrogen-bond donors (Lipinski definition) is 4. The fourth-order valence-electron chi connectivity index (χ4n) is 5.79. The summed E-state index contributed by atoms with van der Waals surface area (Å²) >= 11 is 0. The minimum atomic E-state index is -0.804. The van der Waals surface area contributed by atoms with Gasteiger partial charge in [0.05, 0.1) is 19.3 Å². The number of amides is 3. The number of nitrogens with zero attached hydrogens (tertiary/aromatic N) is 2. The van der Waals surface area contributed by atoms with E-state index in [1.165, 1.54) is 13.0 Å². The summed E-state index contributed by atoms with van der Waals surface area (Å²) in [6, 6.07) is 20.8. The number of nitrogens with one attached hydrogen (secondary N) is 1. The lowest BCUT2D eigenvalue weighted by Gasteiger charge is -2.25. The van der Waals surface area contributed by atoms with Crippen LogP contribution in [0, 0.1) is 0 Å². The molecule has 2 unspecified atom stereocenters. The third kappa shape index (κ3) is 10.2. The first-order valence-corrected chi connectivity index (χ1v) is 16.7. The van der Waals surface area contributed by atoms with Crippen LogP contribution in [0.4, 0.5) is 10.5 Å². The van der Waals surface area contributed by atoms with Gasteiger partial charge < -0.3 is 25.4 Å². The van der Waals surface area contributed by atoms with Crippen molar-refractivity contribution < 1.29 is 39.3 Å². The van der Waals surface area contributed by atoms with E-state index in [1.807, 2.05) is 48.5 Å². The molecule has 0 spiro atoms. The molecule has 0 aromatic heterocycles. The summed E-state index contributed by atoms with van der Waals surface area (Å²) in [7, 11) is 0. The van der Waals surface area contributed by atoms with Crippen molar-refractivity contribution in [2.24, 2.45) is 0 Å². The predicted octanol–water partition coefficient (Wildman–Crippen LogP) is 5.06. The first kappa shape index (κ1) is 36.7. The van der Waals surface area contributed by atoms with E-state index in [2.05, 4.69) is 5.32 Å². The lowest BCUT2D eigenvalue weighted by Crippen LogP contribution is -2.53. The first-order valence-electron chi connectivity index (χ1n) is 16.7. The van der Waals surface area contributed by atoms with Crippen LogP contribution in [0.5, 0.6) is 5.75 Å². The quantitative estimate of drug-likeness (QED) is 0.0742. The lowest BCUT2D eigenvalue weighted by atomic mass is 10.1. The Balaban J connectivity index is 1.11. The van der Waals surface area contributed by atoms with Crippen LogP contribution < -0.4 is 9.96 Å². The van der Waals surface area contributed by atoms with Crippen LogP contribution >= 0.6 is 0 Å². The Hall–Kier alpha value is -4.13. The van der Waals surface area contributed by atoms with Crippen LogP contribution in [0.2, 0.25) is 0 Å². The fraction of sp³-hybridized carbons (Fsp3) is 0.432. The molecule has 1 saturated heterocycles. The number of carbonyl (C=O) groups is 3. The van der Waals surface area contributed by atoms with Gasteiger partial charge in [0.2, 0.25) is 6.54 Å². The Morgan fingerprint density at radius 1 is 0.917 bits per heavy atom. The highest BCUT2D eigenvalue weighted by molar-refractivity contribution is 6.08. The second-order valence-electron chi connectivity index (χ2n) is 12.1. The third-order valence-corrected chi connectivity index (χ3v) is 8.39. The van der Waals surface area contributed by atoms with Gasteiger partial charge in [-0.15, -0.1) is 0 Å². The molecular weight excluding hydrogens is 614 g/mol. The highest BCUT2D eigenvalue weighted by Gasteiger charge is 2.58. The molecule has 48 heavy (non-hydrogen) atoms. The Labute approximate surface area is 282 Å². The second-order valence-corrected chi connectivity index (χ2v) is 12.1. The van der Waals surface area contributed by atoms with Gasteiger partial charge in [-0.1, -0.05) is 61.4 Å². The van der Waals surface area contributed by atoms with Crippen molar-refractivity contribution in [2.45, 2.75) is 71.1 Å². The van der Waals surface area contributed by atoms with Crippen LogP contribution in [-0.2, 0) is 38.7 Å². The van der Waals surface area contributed by atoms with Crippen molar-refractivity contribution in [3.05, 3.63) is 95.1 Å². The number of imide groups is 1. The molecular formula is C37H48N3O8+. The van der Waals surface area contributed by atoms with E-state index in [9.17, 15) is 29.7 Å². The van der Waals surface area contributed by atoms with E-state index < -0.39 is 28.7 Å². The third-order valence-electron chi connectivity index (χ3n) is 8.39. The number of aromatic hydroxyl groups is 1. The largest absolute Gasteiger partial charge is 0.508 e. The molecule has 4 N–H and O–H groups in total. The number of aryl methyl sites for hydroxylation is 1. The van der Waals surface area contributed by atoms with E-state index in [1.54, 1.807) is 18.2 Å². The van der Waals surface area contributed by atoms with E-state index in [4.69, 9.17) is 9.57 Å². The molecule has 11 nitrogen and oxygen atoms in total. The smallest absolute Gasteiger partial charge is 0.474 e. The number of aliphatic hydroxyl groups excluding tert-OH is 2. The number of benzene rings is 3. The maximum absolute atomic E-state index is 13.6. The highest BCUT2D eigenvalue weighted by Crippen LogP contribution is 2.33. The van der Waals surface area contributed by atoms with Gasteiger partial charge in [-0.05, 0) is 72.1 Å². The van der Waals surface area contributed by atoms with Gasteiger partial charge >= 0.3 is 12.0 Å². The Morgan fingerprint density at radius 3 is 2.40 bits per heavy atom. The second kappa shape index (κ2) is 18.4. The average Bonchev–Trinajstić information content (AvgIpc) is 3.31. The maximum atomic E-state index is 13.6. The number of quaternary nitrogens is 1. The molecule has 0 bridgehead atoms. The summed E-state index contributed by atoms with van der Waals surface area (Å²) in [5.41, 5.74) is 3.31. The molecule has 2 atom stereocenters. The summed E-state index contributed by atoms with van der Waals surface area (Å²) in [6.07, 6.45) is 5.89. The summed E-state index contributed by atoms with van der Waals surface area (Å²) in [4.78, 5) is 45.5. The highest BCUT2D eigenvalue weighted by atomic mass is 16.8. The number of phenols is 1. The minimum Gasteiger partial charge on any atom is -0.508 e. The van der Waals surface area contributed by atoms with E-state index in [-0.39, 0.29) is 25.4 Å². The van der Waals surface area contributed by atoms with Crippen LogP contribution in [0.3, 0.4) is 0 Å². The monoisotopic (exact) mass is 662 g/mol. The number of hydrogen-bond acceptors (Lipinski definition) is 9. The van der Waals surface area contributed by atoms with Crippen LogP contribution in [0.25, 0.3) is 0 Å². The zero-order chi connectivity index (χ0) is 34.4. The number of aliphatic hydroxyl groups is 2. The molecule has 0 saturated carbocycles. The van der Waals surface area contributed by atoms with Crippen LogP contribution in [0.15, 0.2) is 72.8 Å². The average molecular weight is 663 g/mol. The van der Waals surface area contributed by atoms with Gasteiger partial charge in [-0.2, -0.15) is 0 Å². The maximum Gasteiger partial charge on any atom is 0.474 e. The lowest BCUT2D eigenvalue weighted by molar-refractivity contribution is -0.168. The standard InChI is InChI=1S/C37H47N3O8/c1-28(42)48-40(26-36(45)39(37(40)46)25-30-13-5-4-6-14-30)33-16-11-15-29(22-33)12-7-10-21-47-20-9-3-2-8-19-38-24-35(44)31-17-18-34(43)32(23-31)27-41/h4-6,11,13-18,22-23,35,38,41,44H,2-3,7-10,12,19-21,24-27H2,1H3/p+1. The van der Waals surface area contributed by atoms with E-state index in [0.29, 0.717) is 36.6 Å². The predicted molar refractivity (Wildman–Crippen MR) is 181 cm³/mol. The molecule has 3 amide bonds. The number of ether oxygens (including phenoxy) is 1. The molecule has 0 radical (unpaired) electrons. The van der Waals surface area contributed by atoms with Gasteiger partial charge in [0, 0.05) is 44.4 Å². The molecule has 1 fully saturated rings. The van der Waals surface area contributed by atoms with Crippen LogP contribution in [-0.4, -0.2) is 71.0 Å². The number of unbranched alkanes of at least 4 members (excludes halogenated alkanes) is 4. The van der Waals surface area contributed by atoms with E-state index >= 15 is 0 Å². The summed E-state index contributed by atoms with van der Waals surface area (Å²) in [5, 5.41) is 32.5. The molecule has 1 heterocycles. The number of rotatable bonds is 20. The Morgan fingerprint density at radius 2 is 1.65 bits per heavy atom. The van der Waals surface area contributed by atoms with Gasteiger partial charge in [0.1, 0.15) is 5.75 Å². The molecule has 0 aliphatic carbocycles. The molecule has 3 aromatic rings. The molecule has 4 rings (SSSR count). The van der Waals surface area contributed by atoms with Gasteiger partial charge in [0.15, 0.2) is 5.69 Å². The Kier molecular flexibility index (Phi) is 14.1. The summed E-state index contributed by atoms with van der Waals surface area (Å²) in [5.74, 6) is -1.02. The van der Waals surface area contributed by atoms with Crippen molar-refractivity contribution in [3.63, 3.8) is 0 Å². The number of carbonyl (C=O) groups excluding carboxylic acids is 3. The normalized spacial score (nSPS) is 16.8. The summed E-state index contributed by atoms with van der Waals surface area (Å²) in [6.45, 7) is 3.35. The van der Waals surface area contributed by atoms with Crippen LogP contribution in [0.1, 0.15) is 73.8 Å². The van der Waals surface area contributed by atoms with Crippen molar-refractivity contribution in [1.29, 1.82) is 0 Å². The Bertz CT molecular complexity index is 1500. The van der Waals surface area contributed by atoms with Crippen molar-refractivity contribution in [3.8, 4) is 5.75 Å². The SMILES string of the molecule is CC(=O)O[N+]1(c2cccc(CCCCOCCCCCCNCC(O)c3ccc(O)c(CO)c3)c2)CC(=O)N(Cc2ccccc2)C1=O. The molecule has 3 aromatic carbocycles. The zero-order valence-electron chi connectivity index (χ0n) is 27.7. The van der Waals surface area contributed by atoms with Crippen molar-refractivity contribution in [2.75, 3.05) is 32.8 Å². The van der Waals surface area contributed by atoms with Gasteiger partial charge in [-0.25, -0.2) is 14.5 Å². The molecule has 258 valence electrons. The van der Waals surface area contributed by atoms with Crippen molar-refractivity contribution in [1.82, 2.24) is 14.9 Å². The van der Waals surface area contributed by atoms with Gasteiger partial charge in [0.25, 0.3) is 5.91 Å². The summed E-state index contributed by atoms with van der Waals surface area (Å²) < 4.78 is 5.02. The number of hydroxylamine groups is 2. The zero-order valence-corrected chi connectivity index (χ0v) is 27.7. The molecule has 1 aliphatic rings. The van der Waals surface area contributed by atoms with Crippen molar-refractivity contribution >= 4 is 23.6 Å². The first-order chi connectivity index (χ1) is 23.2.